The minimum atomic E-state index is -0.200. The highest BCUT2D eigenvalue weighted by Crippen LogP contribution is 2.29. The summed E-state index contributed by atoms with van der Waals surface area (Å²) >= 11 is 0. The highest BCUT2D eigenvalue weighted by Gasteiger charge is 2.24. The predicted octanol–water partition coefficient (Wildman–Crippen LogP) is 3.57. The molecule has 8 heteroatoms. The number of amides is 2. The normalized spacial score (nSPS) is 16.7. The third-order valence-corrected chi connectivity index (χ3v) is 6.56. The maximum absolute atomic E-state index is 14.0. The lowest BCUT2D eigenvalue weighted by Crippen LogP contribution is -2.48. The average Bonchev–Trinajstić information content (AvgIpc) is 2.90. The van der Waals surface area contributed by atoms with Gasteiger partial charge < -0.3 is 19.3 Å². The number of carbonyl (C=O) groups is 2. The molecule has 0 saturated carbocycles. The van der Waals surface area contributed by atoms with Crippen molar-refractivity contribution in [1.82, 2.24) is 14.7 Å². The molecule has 0 radical (unpaired) electrons. The van der Waals surface area contributed by atoms with E-state index < -0.39 is 0 Å². The summed E-state index contributed by atoms with van der Waals surface area (Å²) in [5.74, 6) is 0.619. The van der Waals surface area contributed by atoms with E-state index in [1.165, 1.54) is 6.07 Å². The molecule has 2 amide bonds. The van der Waals surface area contributed by atoms with Gasteiger partial charge in [-0.25, -0.2) is 4.39 Å². The summed E-state index contributed by atoms with van der Waals surface area (Å²) < 4.78 is 25.5. The first kappa shape index (κ1) is 25.0. The molecule has 0 unspecified atom stereocenters. The first-order valence-corrected chi connectivity index (χ1v) is 12.5. The zero-order valence-electron chi connectivity index (χ0n) is 20.4. The van der Waals surface area contributed by atoms with Gasteiger partial charge >= 0.3 is 0 Å². The van der Waals surface area contributed by atoms with E-state index in [4.69, 9.17) is 9.47 Å². The fourth-order valence-electron chi connectivity index (χ4n) is 4.56. The Balaban J connectivity index is 1.34. The van der Waals surface area contributed by atoms with Crippen molar-refractivity contribution in [3.63, 3.8) is 0 Å². The number of hydrogen-bond acceptors (Lipinski definition) is 5. The predicted molar refractivity (Wildman–Crippen MR) is 131 cm³/mol. The maximum Gasteiger partial charge on any atom is 0.260 e. The van der Waals surface area contributed by atoms with Gasteiger partial charge in [-0.05, 0) is 50.5 Å². The van der Waals surface area contributed by atoms with Crippen LogP contribution in [0.2, 0.25) is 0 Å². The number of piperazine rings is 1. The van der Waals surface area contributed by atoms with Gasteiger partial charge in [-0.15, -0.1) is 0 Å². The number of nitrogens with zero attached hydrogens (tertiary/aromatic N) is 3. The molecule has 0 aromatic heterocycles. The van der Waals surface area contributed by atoms with E-state index in [1.54, 1.807) is 30.3 Å². The van der Waals surface area contributed by atoms with Gasteiger partial charge in [-0.3, -0.25) is 14.5 Å². The lowest BCUT2D eigenvalue weighted by atomic mass is 10.1. The fourth-order valence-corrected chi connectivity index (χ4v) is 4.56. The van der Waals surface area contributed by atoms with Crippen LogP contribution in [0.3, 0.4) is 0 Å². The summed E-state index contributed by atoms with van der Waals surface area (Å²) in [6, 6.07) is 11.9. The zero-order valence-corrected chi connectivity index (χ0v) is 20.4. The molecular formula is C27H34FN3O4. The Morgan fingerprint density at radius 3 is 2.31 bits per heavy atom. The molecular weight excluding hydrogens is 449 g/mol. The van der Waals surface area contributed by atoms with E-state index in [9.17, 15) is 14.0 Å². The van der Waals surface area contributed by atoms with Gasteiger partial charge in [0.25, 0.3) is 11.8 Å². The quantitative estimate of drug-likeness (QED) is 0.575. The second-order valence-corrected chi connectivity index (χ2v) is 8.98. The van der Waals surface area contributed by atoms with Crippen LogP contribution in [0.25, 0.3) is 0 Å². The van der Waals surface area contributed by atoms with Gasteiger partial charge in [-0.2, -0.15) is 0 Å². The zero-order chi connectivity index (χ0) is 24.6. The number of likely N-dealkylation sites (tertiary alicyclic amines) is 1. The van der Waals surface area contributed by atoms with E-state index in [0.717, 1.165) is 32.4 Å². The average molecular weight is 484 g/mol. The summed E-state index contributed by atoms with van der Waals surface area (Å²) in [4.78, 5) is 31.4. The van der Waals surface area contributed by atoms with E-state index in [1.807, 2.05) is 22.8 Å². The molecule has 188 valence electrons. The molecule has 2 saturated heterocycles. The summed E-state index contributed by atoms with van der Waals surface area (Å²) in [5.41, 5.74) is 1.19. The van der Waals surface area contributed by atoms with Gasteiger partial charge in [0, 0.05) is 56.9 Å². The van der Waals surface area contributed by atoms with Crippen LogP contribution in [0.4, 0.5) is 4.39 Å². The lowest BCUT2D eigenvalue weighted by Gasteiger charge is -2.35. The minimum absolute atomic E-state index is 0.0273. The van der Waals surface area contributed by atoms with Crippen LogP contribution in [0.1, 0.15) is 42.1 Å². The van der Waals surface area contributed by atoms with Crippen LogP contribution < -0.4 is 9.47 Å². The van der Waals surface area contributed by atoms with Crippen LogP contribution in [-0.2, 0) is 11.3 Å². The van der Waals surface area contributed by atoms with Crippen molar-refractivity contribution >= 4 is 11.8 Å². The van der Waals surface area contributed by atoms with Crippen molar-refractivity contribution in [2.75, 3.05) is 52.5 Å². The Hall–Kier alpha value is -3.13. The largest absolute Gasteiger partial charge is 0.490 e. The molecule has 0 N–H and O–H groups in total. The van der Waals surface area contributed by atoms with Crippen molar-refractivity contribution in [2.45, 2.75) is 32.7 Å². The second-order valence-electron chi connectivity index (χ2n) is 8.98. The molecule has 0 aliphatic carbocycles. The first-order chi connectivity index (χ1) is 17.0. The number of benzene rings is 2. The molecule has 2 aliphatic rings. The first-order valence-electron chi connectivity index (χ1n) is 12.5. The second kappa shape index (κ2) is 12.0. The summed E-state index contributed by atoms with van der Waals surface area (Å²) in [6.07, 6.45) is 3.23. The Bertz CT molecular complexity index is 1020. The van der Waals surface area contributed by atoms with Gasteiger partial charge in [0.15, 0.2) is 18.1 Å². The highest BCUT2D eigenvalue weighted by molar-refractivity contribution is 5.95. The van der Waals surface area contributed by atoms with E-state index in [-0.39, 0.29) is 24.2 Å². The third kappa shape index (κ3) is 6.51. The van der Waals surface area contributed by atoms with Crippen molar-refractivity contribution < 1.29 is 23.5 Å². The van der Waals surface area contributed by atoms with Gasteiger partial charge in [0.2, 0.25) is 0 Å². The van der Waals surface area contributed by atoms with Crippen molar-refractivity contribution in [1.29, 1.82) is 0 Å². The minimum Gasteiger partial charge on any atom is -0.490 e. The van der Waals surface area contributed by atoms with Crippen molar-refractivity contribution in [2.24, 2.45) is 0 Å². The van der Waals surface area contributed by atoms with E-state index in [2.05, 4.69) is 4.90 Å². The number of piperidine rings is 1. The number of rotatable bonds is 8. The molecule has 2 aromatic carbocycles. The molecule has 35 heavy (non-hydrogen) atoms. The molecule has 2 fully saturated rings. The van der Waals surface area contributed by atoms with Crippen molar-refractivity contribution in [3.05, 3.63) is 59.4 Å². The molecule has 4 rings (SSSR count). The van der Waals surface area contributed by atoms with Crippen LogP contribution in [0, 0.1) is 5.82 Å². The van der Waals surface area contributed by atoms with Crippen molar-refractivity contribution in [3.8, 4) is 11.5 Å². The number of ether oxygens (including phenoxy) is 2. The van der Waals surface area contributed by atoms with Gasteiger partial charge in [0.1, 0.15) is 5.82 Å². The molecule has 0 spiro atoms. The standard InChI is InChI=1S/C27H34FN3O4/c1-2-34-25-18-21(10-11-24(25)35-20-26(32)30-12-6-3-7-13-30)27(33)31-16-14-29(15-17-31)19-22-8-4-5-9-23(22)28/h4-5,8-11,18H,2-3,6-7,12-17,19-20H2,1H3. The van der Waals surface area contributed by atoms with Gasteiger partial charge in [0.05, 0.1) is 6.61 Å². The highest BCUT2D eigenvalue weighted by atomic mass is 19.1. The van der Waals surface area contributed by atoms with Crippen LogP contribution in [0.5, 0.6) is 11.5 Å². The Morgan fingerprint density at radius 1 is 0.857 bits per heavy atom. The van der Waals surface area contributed by atoms with Crippen LogP contribution in [0.15, 0.2) is 42.5 Å². The van der Waals surface area contributed by atoms with E-state index in [0.29, 0.717) is 62.0 Å². The molecule has 2 heterocycles. The number of hydrogen-bond donors (Lipinski definition) is 0. The summed E-state index contributed by atoms with van der Waals surface area (Å²) in [6.45, 7) is 6.83. The lowest BCUT2D eigenvalue weighted by molar-refractivity contribution is -0.134. The van der Waals surface area contributed by atoms with Gasteiger partial charge in [-0.1, -0.05) is 18.2 Å². The Kier molecular flexibility index (Phi) is 8.58. The molecule has 0 atom stereocenters. The SMILES string of the molecule is CCOc1cc(C(=O)N2CCN(Cc3ccccc3F)CC2)ccc1OCC(=O)N1CCCCC1. The topological polar surface area (TPSA) is 62.3 Å². The Morgan fingerprint density at radius 2 is 1.60 bits per heavy atom. The molecule has 0 bridgehead atoms. The van der Waals surface area contributed by atoms with E-state index >= 15 is 0 Å². The third-order valence-electron chi connectivity index (χ3n) is 6.56. The van der Waals surface area contributed by atoms with Crippen LogP contribution in [-0.4, -0.2) is 79.0 Å². The number of halogens is 1. The Labute approximate surface area is 206 Å². The van der Waals surface area contributed by atoms with Crippen LogP contribution >= 0.6 is 0 Å². The monoisotopic (exact) mass is 483 g/mol. The molecule has 2 aromatic rings. The summed E-state index contributed by atoms with van der Waals surface area (Å²) in [7, 11) is 0. The maximum atomic E-state index is 14.0. The number of carbonyl (C=O) groups excluding carboxylic acids is 2. The summed E-state index contributed by atoms with van der Waals surface area (Å²) in [5, 5.41) is 0. The molecule has 2 aliphatic heterocycles. The fraction of sp³-hybridized carbons (Fsp3) is 0.481. The smallest absolute Gasteiger partial charge is 0.260 e. The molecule has 7 nitrogen and oxygen atoms in total.